The number of hydrogen-bond donors (Lipinski definition) is 7. The molecule has 1 rings (SSSR count). The lowest BCUT2D eigenvalue weighted by Crippen LogP contribution is -2.60. The summed E-state index contributed by atoms with van der Waals surface area (Å²) in [6, 6.07) is 4.72. The Kier molecular flexibility index (Phi) is 14.7. The molecule has 5 unspecified atom stereocenters. The van der Waals surface area contributed by atoms with Crippen molar-refractivity contribution in [2.24, 2.45) is 11.5 Å². The zero-order valence-electron chi connectivity index (χ0n) is 20.8. The normalized spacial score (nSPS) is 15.1. The molecule has 3 amide bonds. The van der Waals surface area contributed by atoms with Crippen molar-refractivity contribution in [1.82, 2.24) is 16.0 Å². The van der Waals surface area contributed by atoms with Crippen LogP contribution in [0.1, 0.15) is 38.2 Å². The fraction of sp³-hybridized carbons (Fsp3) is 0.583. The van der Waals surface area contributed by atoms with Crippen molar-refractivity contribution in [3.8, 4) is 0 Å². The van der Waals surface area contributed by atoms with Crippen LogP contribution < -0.4 is 27.4 Å². The van der Waals surface area contributed by atoms with E-state index in [0.717, 1.165) is 5.56 Å². The van der Waals surface area contributed by atoms with Crippen molar-refractivity contribution in [2.75, 3.05) is 18.6 Å². The number of thioether (sulfide) groups is 1. The molecule has 0 aliphatic carbocycles. The number of amides is 3. The monoisotopic (exact) mass is 525 g/mol. The molecule has 0 aliphatic rings. The van der Waals surface area contributed by atoms with E-state index in [0.29, 0.717) is 25.1 Å². The highest BCUT2D eigenvalue weighted by Gasteiger charge is 2.32. The lowest BCUT2D eigenvalue weighted by Gasteiger charge is -2.26. The third-order valence-electron chi connectivity index (χ3n) is 5.50. The predicted octanol–water partition coefficient (Wildman–Crippen LogP) is -0.642. The molecule has 36 heavy (non-hydrogen) atoms. The molecular weight excluding hydrogens is 486 g/mol. The average molecular weight is 526 g/mol. The first-order valence-corrected chi connectivity index (χ1v) is 13.3. The first kappa shape index (κ1) is 31.4. The van der Waals surface area contributed by atoms with Gasteiger partial charge in [-0.2, -0.15) is 11.8 Å². The van der Waals surface area contributed by atoms with Gasteiger partial charge in [-0.15, -0.1) is 0 Å². The van der Waals surface area contributed by atoms with E-state index in [4.69, 9.17) is 11.5 Å². The Bertz CT molecular complexity index is 842. The van der Waals surface area contributed by atoms with Crippen molar-refractivity contribution in [3.63, 3.8) is 0 Å². The standard InChI is InChI=1S/C24H39N5O6S/c1-15(30)20(23(33)28-19(24(34)35)10-6-7-12-25)29-22(32)18(11-13-36-2)27-21(31)17(26)14-16-8-4-3-5-9-16/h3-5,8-9,15,17-20,30H,6-7,10-14,25-26H2,1-2H3,(H,27,31)(H,28,33)(H,29,32)(H,34,35). The molecule has 202 valence electrons. The van der Waals surface area contributed by atoms with E-state index in [-0.39, 0.29) is 19.3 Å². The van der Waals surface area contributed by atoms with Crippen LogP contribution in [0.15, 0.2) is 30.3 Å². The molecule has 9 N–H and O–H groups in total. The van der Waals surface area contributed by atoms with E-state index in [1.807, 2.05) is 36.6 Å². The largest absolute Gasteiger partial charge is 0.480 e. The van der Waals surface area contributed by atoms with Gasteiger partial charge in [0.05, 0.1) is 12.1 Å². The van der Waals surface area contributed by atoms with E-state index in [1.165, 1.54) is 18.7 Å². The Morgan fingerprint density at radius 2 is 1.58 bits per heavy atom. The molecule has 12 heteroatoms. The van der Waals surface area contributed by atoms with Crippen LogP contribution in [0.25, 0.3) is 0 Å². The second-order valence-corrected chi connectivity index (χ2v) is 9.54. The summed E-state index contributed by atoms with van der Waals surface area (Å²) < 4.78 is 0. The van der Waals surface area contributed by atoms with Crippen molar-refractivity contribution in [1.29, 1.82) is 0 Å². The number of unbranched alkanes of at least 4 members (excludes halogenated alkanes) is 1. The zero-order chi connectivity index (χ0) is 27.1. The van der Waals surface area contributed by atoms with Gasteiger partial charge in [-0.25, -0.2) is 4.79 Å². The topological polar surface area (TPSA) is 197 Å². The smallest absolute Gasteiger partial charge is 0.326 e. The summed E-state index contributed by atoms with van der Waals surface area (Å²) in [5.41, 5.74) is 12.3. The van der Waals surface area contributed by atoms with Gasteiger partial charge in [0.15, 0.2) is 0 Å². The fourth-order valence-corrected chi connectivity index (χ4v) is 3.89. The molecule has 0 bridgehead atoms. The number of benzene rings is 1. The number of aliphatic hydroxyl groups is 1. The van der Waals surface area contributed by atoms with Gasteiger partial charge in [-0.1, -0.05) is 30.3 Å². The fourth-order valence-electron chi connectivity index (χ4n) is 3.41. The number of aliphatic hydroxyl groups excluding tert-OH is 1. The minimum Gasteiger partial charge on any atom is -0.480 e. The minimum absolute atomic E-state index is 0.157. The van der Waals surface area contributed by atoms with Crippen LogP contribution in [0.2, 0.25) is 0 Å². The van der Waals surface area contributed by atoms with Crippen LogP contribution in [0, 0.1) is 0 Å². The molecule has 0 heterocycles. The van der Waals surface area contributed by atoms with Crippen LogP contribution in [0.3, 0.4) is 0 Å². The van der Waals surface area contributed by atoms with Gasteiger partial charge >= 0.3 is 5.97 Å². The number of hydrogen-bond acceptors (Lipinski definition) is 8. The molecule has 0 radical (unpaired) electrons. The first-order valence-electron chi connectivity index (χ1n) is 11.9. The van der Waals surface area contributed by atoms with E-state index < -0.39 is 54.0 Å². The van der Waals surface area contributed by atoms with Crippen molar-refractivity contribution in [2.45, 2.75) is 69.3 Å². The number of carboxylic acid groups (broad SMARTS) is 1. The highest BCUT2D eigenvalue weighted by molar-refractivity contribution is 7.98. The quantitative estimate of drug-likeness (QED) is 0.129. The van der Waals surface area contributed by atoms with Crippen molar-refractivity contribution >= 4 is 35.5 Å². The van der Waals surface area contributed by atoms with E-state index in [1.54, 1.807) is 0 Å². The van der Waals surface area contributed by atoms with Crippen LogP contribution >= 0.6 is 11.8 Å². The molecule has 1 aromatic carbocycles. The third-order valence-corrected chi connectivity index (χ3v) is 6.15. The number of rotatable bonds is 17. The Morgan fingerprint density at radius 3 is 2.14 bits per heavy atom. The number of carboxylic acids is 1. The molecular formula is C24H39N5O6S. The molecule has 1 aromatic rings. The van der Waals surface area contributed by atoms with Gasteiger partial charge in [0, 0.05) is 0 Å². The summed E-state index contributed by atoms with van der Waals surface area (Å²) in [4.78, 5) is 50.0. The average Bonchev–Trinajstić information content (AvgIpc) is 2.84. The molecule has 0 saturated carbocycles. The number of nitrogens with one attached hydrogen (secondary N) is 3. The maximum atomic E-state index is 13.0. The second kappa shape index (κ2) is 16.9. The van der Waals surface area contributed by atoms with Gasteiger partial charge in [0.2, 0.25) is 17.7 Å². The predicted molar refractivity (Wildman–Crippen MR) is 139 cm³/mol. The van der Waals surface area contributed by atoms with Gasteiger partial charge in [-0.3, -0.25) is 14.4 Å². The van der Waals surface area contributed by atoms with E-state index >= 15 is 0 Å². The van der Waals surface area contributed by atoms with E-state index in [2.05, 4.69) is 16.0 Å². The molecule has 0 saturated heterocycles. The molecule has 11 nitrogen and oxygen atoms in total. The second-order valence-electron chi connectivity index (χ2n) is 8.55. The Labute approximate surface area is 216 Å². The lowest BCUT2D eigenvalue weighted by molar-refractivity contribution is -0.143. The molecule has 0 fully saturated rings. The summed E-state index contributed by atoms with van der Waals surface area (Å²) >= 11 is 1.47. The van der Waals surface area contributed by atoms with Gasteiger partial charge in [-0.05, 0) is 63.1 Å². The number of carbonyl (C=O) groups excluding carboxylic acids is 3. The third kappa shape index (κ3) is 11.4. The van der Waals surface area contributed by atoms with Crippen LogP contribution in [-0.4, -0.2) is 82.7 Å². The number of carbonyl (C=O) groups is 4. The molecule has 5 atom stereocenters. The van der Waals surface area contributed by atoms with Crippen molar-refractivity contribution in [3.05, 3.63) is 35.9 Å². The first-order chi connectivity index (χ1) is 17.1. The maximum Gasteiger partial charge on any atom is 0.326 e. The van der Waals surface area contributed by atoms with Crippen molar-refractivity contribution < 1.29 is 29.4 Å². The lowest BCUT2D eigenvalue weighted by atomic mass is 10.0. The summed E-state index contributed by atoms with van der Waals surface area (Å²) in [5.74, 6) is -2.73. The molecule has 0 aliphatic heterocycles. The van der Waals surface area contributed by atoms with E-state index in [9.17, 15) is 29.4 Å². The summed E-state index contributed by atoms with van der Waals surface area (Å²) in [6.45, 7) is 1.70. The minimum atomic E-state index is -1.42. The Morgan fingerprint density at radius 1 is 0.944 bits per heavy atom. The Balaban J connectivity index is 2.87. The zero-order valence-corrected chi connectivity index (χ0v) is 21.6. The van der Waals surface area contributed by atoms with Gasteiger partial charge < -0.3 is 37.6 Å². The van der Waals surface area contributed by atoms with Crippen LogP contribution in [0.4, 0.5) is 0 Å². The maximum absolute atomic E-state index is 13.0. The highest BCUT2D eigenvalue weighted by atomic mass is 32.2. The summed E-state index contributed by atoms with van der Waals surface area (Å²) in [6.07, 6.45) is 2.32. The van der Waals surface area contributed by atoms with Crippen LogP contribution in [-0.2, 0) is 25.6 Å². The SMILES string of the molecule is CSCCC(NC(=O)C(N)Cc1ccccc1)C(=O)NC(C(=O)NC(CCCCN)C(=O)O)C(C)O. The van der Waals surface area contributed by atoms with Gasteiger partial charge in [0.25, 0.3) is 0 Å². The number of nitrogens with two attached hydrogens (primary N) is 2. The Hall–Kier alpha value is -2.67. The van der Waals surface area contributed by atoms with Crippen LogP contribution in [0.5, 0.6) is 0 Å². The molecule has 0 spiro atoms. The number of aliphatic carboxylic acids is 1. The summed E-state index contributed by atoms with van der Waals surface area (Å²) in [5, 5.41) is 27.0. The van der Waals surface area contributed by atoms with Gasteiger partial charge in [0.1, 0.15) is 18.1 Å². The summed E-state index contributed by atoms with van der Waals surface area (Å²) in [7, 11) is 0. The molecule has 0 aromatic heterocycles. The highest BCUT2D eigenvalue weighted by Crippen LogP contribution is 2.07.